The van der Waals surface area contributed by atoms with Crippen LogP contribution in [0.25, 0.3) is 55.3 Å². The van der Waals surface area contributed by atoms with E-state index in [0.29, 0.717) is 0 Å². The van der Waals surface area contributed by atoms with E-state index in [-0.39, 0.29) is 5.41 Å². The quantitative estimate of drug-likeness (QED) is 0.206. The van der Waals surface area contributed by atoms with Gasteiger partial charge in [0, 0.05) is 20.6 Å². The van der Waals surface area contributed by atoms with Gasteiger partial charge in [-0.1, -0.05) is 151 Å². The molecular formula is C42H28S. The first-order valence-corrected chi connectivity index (χ1v) is 15.8. The number of hydrogen-bond acceptors (Lipinski definition) is 1. The van der Waals surface area contributed by atoms with Crippen LogP contribution in [-0.2, 0) is 5.41 Å². The molecule has 0 nitrogen and oxygen atoms in total. The van der Waals surface area contributed by atoms with E-state index in [1.54, 1.807) is 0 Å². The minimum atomic E-state index is -0.191. The molecule has 0 saturated heterocycles. The highest BCUT2D eigenvalue weighted by Crippen LogP contribution is 2.55. The lowest BCUT2D eigenvalue weighted by Gasteiger charge is -2.28. The minimum absolute atomic E-state index is 0.191. The van der Waals surface area contributed by atoms with Crippen molar-refractivity contribution in [3.8, 4) is 44.5 Å². The highest BCUT2D eigenvalue weighted by molar-refractivity contribution is 7.99. The lowest BCUT2D eigenvalue weighted by molar-refractivity contribution is 0.714. The summed E-state index contributed by atoms with van der Waals surface area (Å²) in [6, 6.07) is 56.1. The molecule has 1 heteroatoms. The molecule has 202 valence electrons. The maximum atomic E-state index is 2.38. The summed E-state index contributed by atoms with van der Waals surface area (Å²) < 4.78 is 0. The van der Waals surface area contributed by atoms with Gasteiger partial charge in [-0.05, 0) is 85.6 Å². The Balaban J connectivity index is 1.18. The summed E-state index contributed by atoms with van der Waals surface area (Å²) in [4.78, 5) is 2.67. The number of benzene rings is 7. The molecule has 43 heavy (non-hydrogen) atoms. The number of rotatable bonds is 3. The van der Waals surface area contributed by atoms with E-state index in [2.05, 4.69) is 159 Å². The summed E-state index contributed by atoms with van der Waals surface area (Å²) in [6.07, 6.45) is 0. The summed E-state index contributed by atoms with van der Waals surface area (Å²) >= 11 is 1.88. The Morgan fingerprint density at radius 2 is 1.05 bits per heavy atom. The predicted molar refractivity (Wildman–Crippen MR) is 182 cm³/mol. The Morgan fingerprint density at radius 3 is 1.88 bits per heavy atom. The second kappa shape index (κ2) is 9.33. The summed E-state index contributed by atoms with van der Waals surface area (Å²) in [6.45, 7) is 2.38. The molecule has 0 fully saturated rings. The van der Waals surface area contributed by atoms with Crippen molar-refractivity contribution < 1.29 is 0 Å². The van der Waals surface area contributed by atoms with Gasteiger partial charge in [-0.15, -0.1) is 0 Å². The Labute approximate surface area is 256 Å². The zero-order chi connectivity index (χ0) is 28.5. The van der Waals surface area contributed by atoms with E-state index in [1.807, 2.05) is 11.8 Å². The van der Waals surface area contributed by atoms with Crippen molar-refractivity contribution in [3.63, 3.8) is 0 Å². The maximum absolute atomic E-state index is 2.38. The van der Waals surface area contributed by atoms with Gasteiger partial charge in [-0.25, -0.2) is 0 Å². The molecule has 0 N–H and O–H groups in total. The highest BCUT2D eigenvalue weighted by Gasteiger charge is 2.41. The fourth-order valence-corrected chi connectivity index (χ4v) is 8.66. The second-order valence-electron chi connectivity index (χ2n) is 11.8. The van der Waals surface area contributed by atoms with E-state index in [9.17, 15) is 0 Å². The predicted octanol–water partition coefficient (Wildman–Crippen LogP) is 11.6. The van der Waals surface area contributed by atoms with Crippen LogP contribution in [0, 0.1) is 0 Å². The topological polar surface area (TPSA) is 0 Å². The van der Waals surface area contributed by atoms with Crippen molar-refractivity contribution in [2.75, 3.05) is 0 Å². The molecule has 0 saturated carbocycles. The third-order valence-electron chi connectivity index (χ3n) is 9.60. The van der Waals surface area contributed by atoms with E-state index in [4.69, 9.17) is 0 Å². The van der Waals surface area contributed by atoms with Crippen molar-refractivity contribution in [2.45, 2.75) is 22.1 Å². The first-order valence-electron chi connectivity index (χ1n) is 14.9. The largest absolute Gasteiger partial charge is 0.0888 e. The first-order chi connectivity index (χ1) is 21.2. The zero-order valence-corrected chi connectivity index (χ0v) is 24.7. The standard InChI is InChI=1S/C42H28S/c1-42(29-11-3-2-4-12-29)36-18-7-5-14-35(36)40-31(15-10-19-37(40)42)28-23-21-27(22-24-28)30-25-26-39-41-33(30)16-9-17-34(41)32-13-6-8-20-38(32)43-39/h2-26H,1H3. The third kappa shape index (κ3) is 3.52. The lowest BCUT2D eigenvalue weighted by Crippen LogP contribution is -2.22. The molecule has 0 bridgehead atoms. The molecule has 1 heterocycles. The van der Waals surface area contributed by atoms with E-state index in [1.165, 1.54) is 81.8 Å². The van der Waals surface area contributed by atoms with Crippen LogP contribution in [0.15, 0.2) is 161 Å². The van der Waals surface area contributed by atoms with Crippen LogP contribution in [0.2, 0.25) is 0 Å². The zero-order valence-electron chi connectivity index (χ0n) is 23.8. The molecule has 1 unspecified atom stereocenters. The van der Waals surface area contributed by atoms with Crippen molar-refractivity contribution in [2.24, 2.45) is 0 Å². The minimum Gasteiger partial charge on any atom is -0.0888 e. The molecular weight excluding hydrogens is 537 g/mol. The first kappa shape index (κ1) is 24.7. The van der Waals surface area contributed by atoms with Crippen molar-refractivity contribution >= 4 is 22.5 Å². The van der Waals surface area contributed by atoms with Crippen LogP contribution in [0.5, 0.6) is 0 Å². The summed E-state index contributed by atoms with van der Waals surface area (Å²) in [7, 11) is 0. The molecule has 1 aliphatic heterocycles. The average Bonchev–Trinajstić information content (AvgIpc) is 3.35. The van der Waals surface area contributed by atoms with E-state index >= 15 is 0 Å². The number of hydrogen-bond donors (Lipinski definition) is 0. The Hall–Kier alpha value is -4.85. The van der Waals surface area contributed by atoms with Gasteiger partial charge in [0.05, 0.1) is 0 Å². The van der Waals surface area contributed by atoms with Gasteiger partial charge in [-0.3, -0.25) is 0 Å². The maximum Gasteiger partial charge on any atom is 0.0435 e. The molecule has 7 aromatic rings. The van der Waals surface area contributed by atoms with E-state index in [0.717, 1.165) is 0 Å². The molecule has 1 atom stereocenters. The number of fused-ring (bicyclic) bond motifs is 5. The van der Waals surface area contributed by atoms with Gasteiger partial charge >= 0.3 is 0 Å². The van der Waals surface area contributed by atoms with Crippen molar-refractivity contribution in [1.29, 1.82) is 0 Å². The van der Waals surface area contributed by atoms with Gasteiger partial charge in [0.1, 0.15) is 0 Å². The Morgan fingerprint density at radius 1 is 0.419 bits per heavy atom. The average molecular weight is 565 g/mol. The molecule has 0 amide bonds. The van der Waals surface area contributed by atoms with Crippen LogP contribution in [-0.4, -0.2) is 0 Å². The highest BCUT2D eigenvalue weighted by atomic mass is 32.2. The fourth-order valence-electron chi connectivity index (χ4n) is 7.53. The monoisotopic (exact) mass is 564 g/mol. The van der Waals surface area contributed by atoms with Gasteiger partial charge in [0.25, 0.3) is 0 Å². The molecule has 7 aromatic carbocycles. The summed E-state index contributed by atoms with van der Waals surface area (Å²) in [5.41, 5.74) is 14.3. The fraction of sp³-hybridized carbons (Fsp3) is 0.0476. The van der Waals surface area contributed by atoms with Crippen LogP contribution in [0.1, 0.15) is 23.6 Å². The molecule has 0 radical (unpaired) electrons. The molecule has 1 aliphatic carbocycles. The van der Waals surface area contributed by atoms with E-state index < -0.39 is 0 Å². The van der Waals surface area contributed by atoms with Gasteiger partial charge in [0.2, 0.25) is 0 Å². The molecule has 0 aromatic heterocycles. The third-order valence-corrected chi connectivity index (χ3v) is 10.7. The Kier molecular flexibility index (Phi) is 5.36. The second-order valence-corrected chi connectivity index (χ2v) is 12.9. The van der Waals surface area contributed by atoms with Crippen LogP contribution >= 0.6 is 11.8 Å². The smallest absolute Gasteiger partial charge is 0.0435 e. The van der Waals surface area contributed by atoms with Gasteiger partial charge < -0.3 is 0 Å². The van der Waals surface area contributed by atoms with Crippen LogP contribution in [0.3, 0.4) is 0 Å². The normalized spacial score (nSPS) is 16.0. The van der Waals surface area contributed by atoms with Gasteiger partial charge in [-0.2, -0.15) is 0 Å². The molecule has 0 spiro atoms. The summed E-state index contributed by atoms with van der Waals surface area (Å²) in [5, 5.41) is 2.68. The summed E-state index contributed by atoms with van der Waals surface area (Å²) in [5.74, 6) is 0. The van der Waals surface area contributed by atoms with Crippen molar-refractivity contribution in [3.05, 3.63) is 168 Å². The lowest BCUT2D eigenvalue weighted by atomic mass is 9.74. The van der Waals surface area contributed by atoms with Crippen molar-refractivity contribution in [1.82, 2.24) is 0 Å². The SMILES string of the molecule is CC1(c2ccccc2)c2ccccc2-c2c(-c3ccc(-c4ccc5c6c(cccc46)-c4ccccc4S5)cc3)cccc21. The van der Waals surface area contributed by atoms with Crippen LogP contribution < -0.4 is 0 Å². The Bertz CT molecular complexity index is 2210. The molecule has 9 rings (SSSR count). The van der Waals surface area contributed by atoms with Crippen LogP contribution in [0.4, 0.5) is 0 Å². The molecule has 2 aliphatic rings. The van der Waals surface area contributed by atoms with Gasteiger partial charge in [0.15, 0.2) is 0 Å².